The number of rotatable bonds is 7. The number of hydrogen-bond acceptors (Lipinski definition) is 6. The fourth-order valence-corrected chi connectivity index (χ4v) is 3.17. The molecule has 0 bridgehead atoms. The van der Waals surface area contributed by atoms with Crippen molar-refractivity contribution in [2.24, 2.45) is 0 Å². The number of ether oxygens (including phenoxy) is 2. The molecule has 7 nitrogen and oxygen atoms in total. The molecule has 26 heavy (non-hydrogen) atoms. The number of nitrogens with zero attached hydrogens (tertiary/aromatic N) is 1. The minimum atomic E-state index is -0.171. The molecular formula is C18H21N3O4S. The van der Waals surface area contributed by atoms with Crippen LogP contribution in [0.5, 0.6) is 11.5 Å². The van der Waals surface area contributed by atoms with Crippen molar-refractivity contribution in [1.82, 2.24) is 15.3 Å². The summed E-state index contributed by atoms with van der Waals surface area (Å²) < 4.78 is 10.6. The van der Waals surface area contributed by atoms with Crippen LogP contribution in [0.1, 0.15) is 23.2 Å². The number of fused-ring (bicyclic) bond motifs is 1. The van der Waals surface area contributed by atoms with Gasteiger partial charge in [-0.15, -0.1) is 0 Å². The second-order valence-electron chi connectivity index (χ2n) is 5.93. The third kappa shape index (κ3) is 4.37. The molecule has 2 N–H and O–H groups in total. The summed E-state index contributed by atoms with van der Waals surface area (Å²) >= 11 is 1.38. The number of thioether (sulfide) groups is 1. The monoisotopic (exact) mass is 375 g/mol. The number of H-pyrrole nitrogens is 1. The highest BCUT2D eigenvalue weighted by atomic mass is 32.2. The van der Waals surface area contributed by atoms with Crippen LogP contribution < -0.4 is 20.3 Å². The molecule has 0 radical (unpaired) electrons. The van der Waals surface area contributed by atoms with Crippen molar-refractivity contribution in [2.75, 3.05) is 19.6 Å². The fourth-order valence-electron chi connectivity index (χ4n) is 2.75. The Morgan fingerprint density at radius 2 is 2.12 bits per heavy atom. The lowest BCUT2D eigenvalue weighted by atomic mass is 10.1. The van der Waals surface area contributed by atoms with E-state index >= 15 is 0 Å². The number of nitrogens with one attached hydrogen (secondary N) is 2. The summed E-state index contributed by atoms with van der Waals surface area (Å²) in [5.41, 5.74) is 2.13. The van der Waals surface area contributed by atoms with Crippen molar-refractivity contribution < 1.29 is 14.3 Å². The lowest BCUT2D eigenvalue weighted by Gasteiger charge is -2.08. The van der Waals surface area contributed by atoms with Crippen molar-refractivity contribution >= 4 is 17.7 Å². The Morgan fingerprint density at radius 1 is 1.31 bits per heavy atom. The van der Waals surface area contributed by atoms with Gasteiger partial charge in [-0.1, -0.05) is 17.8 Å². The third-order valence-electron chi connectivity index (χ3n) is 4.17. The molecule has 1 amide bonds. The van der Waals surface area contributed by atoms with Crippen LogP contribution in [0.3, 0.4) is 0 Å². The molecule has 138 valence electrons. The number of benzene rings is 1. The Bertz CT molecular complexity index is 866. The minimum absolute atomic E-state index is 0.0847. The summed E-state index contributed by atoms with van der Waals surface area (Å²) in [5.74, 6) is 1.41. The highest BCUT2D eigenvalue weighted by molar-refractivity contribution is 7.98. The number of aromatic nitrogens is 2. The first-order valence-electron chi connectivity index (χ1n) is 8.36. The topological polar surface area (TPSA) is 93.3 Å². The molecule has 0 saturated heterocycles. The maximum Gasteiger partial charge on any atom is 0.254 e. The highest BCUT2D eigenvalue weighted by Crippen LogP contribution is 2.32. The van der Waals surface area contributed by atoms with Crippen LogP contribution in [0.15, 0.2) is 28.2 Å². The zero-order valence-electron chi connectivity index (χ0n) is 14.8. The summed E-state index contributed by atoms with van der Waals surface area (Å²) in [6.07, 6.45) is 3.18. The lowest BCUT2D eigenvalue weighted by molar-refractivity contribution is -0.121. The molecule has 3 rings (SSSR count). The normalized spacial score (nSPS) is 12.2. The number of aryl methyl sites for hydroxylation is 1. The van der Waals surface area contributed by atoms with Crippen LogP contribution in [0.4, 0.5) is 0 Å². The van der Waals surface area contributed by atoms with Gasteiger partial charge in [0, 0.05) is 24.2 Å². The van der Waals surface area contributed by atoms with Crippen molar-refractivity contribution in [3.63, 3.8) is 0 Å². The van der Waals surface area contributed by atoms with Gasteiger partial charge in [-0.05, 0) is 43.7 Å². The SMILES string of the molecule is CSc1nc(C)c(CCC(=O)NCCc2ccc3c(c2)OCO3)c(=O)[nH]1. The van der Waals surface area contributed by atoms with E-state index in [2.05, 4.69) is 15.3 Å². The van der Waals surface area contributed by atoms with Crippen LogP contribution in [-0.2, 0) is 17.6 Å². The van der Waals surface area contributed by atoms with Gasteiger partial charge in [-0.25, -0.2) is 4.98 Å². The van der Waals surface area contributed by atoms with E-state index in [0.717, 1.165) is 17.1 Å². The molecule has 1 aromatic heterocycles. The number of amides is 1. The Hall–Kier alpha value is -2.48. The maximum absolute atomic E-state index is 12.1. The number of aromatic amines is 1. The summed E-state index contributed by atoms with van der Waals surface area (Å²) in [6, 6.07) is 5.76. The van der Waals surface area contributed by atoms with Crippen molar-refractivity contribution in [2.45, 2.75) is 31.3 Å². The molecular weight excluding hydrogens is 354 g/mol. The van der Waals surface area contributed by atoms with E-state index in [4.69, 9.17) is 9.47 Å². The molecule has 0 fully saturated rings. The Labute approximate surface area is 155 Å². The molecule has 1 aliphatic rings. The van der Waals surface area contributed by atoms with Crippen LogP contribution in [0, 0.1) is 6.92 Å². The first kappa shape index (κ1) is 18.3. The number of hydrogen-bond donors (Lipinski definition) is 2. The van der Waals surface area contributed by atoms with Crippen LogP contribution >= 0.6 is 11.8 Å². The zero-order valence-corrected chi connectivity index (χ0v) is 15.6. The van der Waals surface area contributed by atoms with Gasteiger partial charge in [0.05, 0.1) is 0 Å². The Balaban J connectivity index is 1.47. The van der Waals surface area contributed by atoms with E-state index in [0.29, 0.717) is 35.8 Å². The van der Waals surface area contributed by atoms with E-state index < -0.39 is 0 Å². The molecule has 1 aliphatic heterocycles. The predicted molar refractivity (Wildman–Crippen MR) is 99.0 cm³/mol. The first-order chi connectivity index (χ1) is 12.6. The number of carbonyl (C=O) groups is 1. The molecule has 0 saturated carbocycles. The average Bonchev–Trinajstić information content (AvgIpc) is 3.08. The highest BCUT2D eigenvalue weighted by Gasteiger charge is 2.13. The van der Waals surface area contributed by atoms with E-state index in [1.807, 2.05) is 24.5 Å². The second kappa shape index (κ2) is 8.27. The molecule has 0 atom stereocenters. The van der Waals surface area contributed by atoms with Crippen molar-refractivity contribution in [3.8, 4) is 11.5 Å². The molecule has 0 aliphatic carbocycles. The molecule has 8 heteroatoms. The largest absolute Gasteiger partial charge is 0.454 e. The van der Waals surface area contributed by atoms with Gasteiger partial charge in [0.1, 0.15) is 0 Å². The van der Waals surface area contributed by atoms with Gasteiger partial charge < -0.3 is 19.8 Å². The Morgan fingerprint density at radius 3 is 2.88 bits per heavy atom. The van der Waals surface area contributed by atoms with Gasteiger partial charge in [-0.2, -0.15) is 0 Å². The van der Waals surface area contributed by atoms with Gasteiger partial charge in [0.2, 0.25) is 12.7 Å². The lowest BCUT2D eigenvalue weighted by Crippen LogP contribution is -2.27. The van der Waals surface area contributed by atoms with Gasteiger partial charge in [0.15, 0.2) is 16.7 Å². The molecule has 0 unspecified atom stereocenters. The minimum Gasteiger partial charge on any atom is -0.454 e. The predicted octanol–water partition coefficient (Wildman–Crippen LogP) is 1.82. The standard InChI is InChI=1S/C18H21N3O4S/c1-11-13(17(23)21-18(20-11)26-2)4-6-16(22)19-8-7-12-3-5-14-15(9-12)25-10-24-14/h3,5,9H,4,6-8,10H2,1-2H3,(H,19,22)(H,20,21,23). The summed E-state index contributed by atoms with van der Waals surface area (Å²) in [6.45, 7) is 2.57. The molecule has 1 aromatic carbocycles. The van der Waals surface area contributed by atoms with E-state index in [9.17, 15) is 9.59 Å². The van der Waals surface area contributed by atoms with Gasteiger partial charge >= 0.3 is 0 Å². The summed E-state index contributed by atoms with van der Waals surface area (Å²) in [4.78, 5) is 31.1. The van der Waals surface area contributed by atoms with Gasteiger partial charge in [-0.3, -0.25) is 9.59 Å². The quantitative estimate of drug-likeness (QED) is 0.566. The maximum atomic E-state index is 12.1. The summed E-state index contributed by atoms with van der Waals surface area (Å²) in [7, 11) is 0. The second-order valence-corrected chi connectivity index (χ2v) is 6.72. The first-order valence-corrected chi connectivity index (χ1v) is 9.58. The molecule has 2 aromatic rings. The molecule has 0 spiro atoms. The molecule has 2 heterocycles. The van der Waals surface area contributed by atoms with Crippen LogP contribution in [0.2, 0.25) is 0 Å². The van der Waals surface area contributed by atoms with E-state index in [1.165, 1.54) is 11.8 Å². The fraction of sp³-hybridized carbons (Fsp3) is 0.389. The number of carbonyl (C=O) groups excluding carboxylic acids is 1. The van der Waals surface area contributed by atoms with E-state index in [-0.39, 0.29) is 24.7 Å². The zero-order chi connectivity index (χ0) is 18.5. The smallest absolute Gasteiger partial charge is 0.254 e. The van der Waals surface area contributed by atoms with Crippen molar-refractivity contribution in [1.29, 1.82) is 0 Å². The average molecular weight is 375 g/mol. The van der Waals surface area contributed by atoms with Crippen LogP contribution in [0.25, 0.3) is 0 Å². The summed E-state index contributed by atoms with van der Waals surface area (Å²) in [5, 5.41) is 3.47. The van der Waals surface area contributed by atoms with E-state index in [1.54, 1.807) is 6.92 Å². The third-order valence-corrected chi connectivity index (χ3v) is 4.75. The Kier molecular flexibility index (Phi) is 5.82. The van der Waals surface area contributed by atoms with Gasteiger partial charge in [0.25, 0.3) is 5.56 Å². The van der Waals surface area contributed by atoms with Crippen molar-refractivity contribution in [3.05, 3.63) is 45.4 Å². The van der Waals surface area contributed by atoms with Crippen LogP contribution in [-0.4, -0.2) is 35.5 Å².